The normalized spacial score (nSPS) is 15.9. The first-order chi connectivity index (χ1) is 8.79. The van der Waals surface area contributed by atoms with Gasteiger partial charge in [-0.25, -0.2) is 4.39 Å². The molecule has 1 aliphatic carbocycles. The van der Waals surface area contributed by atoms with Crippen molar-refractivity contribution in [1.82, 2.24) is 0 Å². The van der Waals surface area contributed by atoms with Crippen LogP contribution in [-0.4, -0.2) is 12.0 Å². The van der Waals surface area contributed by atoms with Crippen LogP contribution in [-0.2, 0) is 0 Å². The van der Waals surface area contributed by atoms with Crippen LogP contribution in [0.4, 0.5) is 4.39 Å². The van der Waals surface area contributed by atoms with Crippen LogP contribution < -0.4 is 4.74 Å². The zero-order valence-electron chi connectivity index (χ0n) is 10.2. The quantitative estimate of drug-likeness (QED) is 0.578. The van der Waals surface area contributed by atoms with Gasteiger partial charge in [-0.15, -0.1) is 11.6 Å². The van der Waals surface area contributed by atoms with E-state index in [0.717, 1.165) is 12.8 Å². The minimum atomic E-state index is -0.301. The number of hydrogen-bond acceptors (Lipinski definition) is 1. The van der Waals surface area contributed by atoms with E-state index in [1.807, 2.05) is 0 Å². The molecule has 2 rings (SSSR count). The highest BCUT2D eigenvalue weighted by molar-refractivity contribution is 6.19. The van der Waals surface area contributed by atoms with E-state index in [9.17, 15) is 4.39 Å². The van der Waals surface area contributed by atoms with E-state index in [4.69, 9.17) is 16.3 Å². The molecule has 0 N–H and O–H groups in total. The van der Waals surface area contributed by atoms with Gasteiger partial charge >= 0.3 is 0 Å². The third-order valence-electron chi connectivity index (χ3n) is 3.08. The maximum absolute atomic E-state index is 13.2. The monoisotopic (exact) mass is 266 g/mol. The Balaban J connectivity index is 2.15. The Kier molecular flexibility index (Phi) is 4.90. The van der Waals surface area contributed by atoms with Crippen LogP contribution in [0.2, 0.25) is 0 Å². The van der Waals surface area contributed by atoms with Crippen molar-refractivity contribution in [3.63, 3.8) is 0 Å². The first kappa shape index (κ1) is 13.2. The molecule has 0 amide bonds. The van der Waals surface area contributed by atoms with Crippen molar-refractivity contribution < 1.29 is 9.13 Å². The molecule has 1 nitrogen and oxygen atoms in total. The van der Waals surface area contributed by atoms with Gasteiger partial charge in [-0.2, -0.15) is 0 Å². The lowest BCUT2D eigenvalue weighted by molar-refractivity contribution is 0.154. The second kappa shape index (κ2) is 6.66. The highest BCUT2D eigenvalue weighted by atomic mass is 35.5. The van der Waals surface area contributed by atoms with Crippen molar-refractivity contribution in [3.05, 3.63) is 29.6 Å². The number of ether oxygens (including phenoxy) is 1. The maximum Gasteiger partial charge on any atom is 0.135 e. The van der Waals surface area contributed by atoms with E-state index >= 15 is 0 Å². The molecule has 0 spiro atoms. The third-order valence-corrected chi connectivity index (χ3v) is 3.21. The van der Waals surface area contributed by atoms with Gasteiger partial charge in [0, 0.05) is 0 Å². The number of alkyl halides is 1. The average molecular weight is 267 g/mol. The van der Waals surface area contributed by atoms with Crippen molar-refractivity contribution in [2.75, 3.05) is 5.88 Å². The van der Waals surface area contributed by atoms with Crippen molar-refractivity contribution in [2.45, 2.75) is 38.2 Å². The molecule has 0 aromatic heterocycles. The molecule has 1 aliphatic rings. The molecule has 0 saturated heterocycles. The molecule has 0 atom stereocenters. The number of rotatable bonds is 2. The number of halogens is 2. The fraction of sp³-hybridized carbons (Fsp3) is 0.467. The van der Waals surface area contributed by atoms with Gasteiger partial charge in [-0.05, 0) is 43.9 Å². The summed E-state index contributed by atoms with van der Waals surface area (Å²) in [4.78, 5) is 0. The third kappa shape index (κ3) is 3.65. The fourth-order valence-corrected chi connectivity index (χ4v) is 2.26. The van der Waals surface area contributed by atoms with E-state index in [1.165, 1.54) is 31.4 Å². The van der Waals surface area contributed by atoms with Crippen LogP contribution in [0.1, 0.15) is 37.7 Å². The van der Waals surface area contributed by atoms with E-state index in [-0.39, 0.29) is 17.8 Å². The highest BCUT2D eigenvalue weighted by Gasteiger charge is 2.16. The summed E-state index contributed by atoms with van der Waals surface area (Å²) >= 11 is 5.53. The zero-order valence-corrected chi connectivity index (χ0v) is 11.0. The van der Waals surface area contributed by atoms with Crippen LogP contribution in [0.15, 0.2) is 18.2 Å². The number of benzene rings is 1. The molecular weight excluding hydrogens is 251 g/mol. The standard InChI is InChI=1S/C15H16ClFO/c16-10-4-5-12-11-13(17)8-9-15(12)18-14-6-2-1-3-7-14/h8-9,11,14H,1-3,6-7,10H2. The van der Waals surface area contributed by atoms with Gasteiger partial charge < -0.3 is 4.74 Å². The Morgan fingerprint density at radius 2 is 2.06 bits per heavy atom. The Bertz CT molecular complexity index is 455. The molecule has 0 aliphatic heterocycles. The Morgan fingerprint density at radius 1 is 1.28 bits per heavy atom. The average Bonchev–Trinajstić information content (AvgIpc) is 2.40. The van der Waals surface area contributed by atoms with Gasteiger partial charge in [0.05, 0.1) is 17.5 Å². The van der Waals surface area contributed by atoms with Gasteiger partial charge in [0.2, 0.25) is 0 Å². The summed E-state index contributed by atoms with van der Waals surface area (Å²) in [5.41, 5.74) is 0.584. The van der Waals surface area contributed by atoms with Gasteiger partial charge in [-0.1, -0.05) is 18.3 Å². The van der Waals surface area contributed by atoms with Gasteiger partial charge in [0.15, 0.2) is 0 Å². The summed E-state index contributed by atoms with van der Waals surface area (Å²) in [6.07, 6.45) is 6.06. The molecule has 0 unspecified atom stereocenters. The van der Waals surface area contributed by atoms with Crippen molar-refractivity contribution in [2.24, 2.45) is 0 Å². The molecule has 18 heavy (non-hydrogen) atoms. The van der Waals surface area contributed by atoms with Crippen LogP contribution in [0, 0.1) is 17.7 Å². The summed E-state index contributed by atoms with van der Waals surface area (Å²) < 4.78 is 19.1. The van der Waals surface area contributed by atoms with E-state index in [0.29, 0.717) is 11.3 Å². The summed E-state index contributed by atoms with van der Waals surface area (Å²) in [5.74, 6) is 6.19. The summed E-state index contributed by atoms with van der Waals surface area (Å²) in [5, 5.41) is 0. The minimum Gasteiger partial charge on any atom is -0.489 e. The van der Waals surface area contributed by atoms with E-state index in [2.05, 4.69) is 11.8 Å². The molecule has 0 radical (unpaired) electrons. The molecule has 1 fully saturated rings. The Morgan fingerprint density at radius 3 is 2.78 bits per heavy atom. The lowest BCUT2D eigenvalue weighted by atomic mass is 9.97. The molecule has 0 bridgehead atoms. The van der Waals surface area contributed by atoms with Crippen LogP contribution in [0.5, 0.6) is 5.75 Å². The van der Waals surface area contributed by atoms with Gasteiger partial charge in [0.25, 0.3) is 0 Å². The molecule has 3 heteroatoms. The molecule has 1 aromatic carbocycles. The van der Waals surface area contributed by atoms with E-state index in [1.54, 1.807) is 6.07 Å². The number of hydrogen-bond donors (Lipinski definition) is 0. The molecule has 1 aromatic rings. The predicted molar refractivity (Wildman–Crippen MR) is 71.5 cm³/mol. The van der Waals surface area contributed by atoms with Crippen LogP contribution >= 0.6 is 11.6 Å². The van der Waals surface area contributed by atoms with E-state index < -0.39 is 0 Å². The molecular formula is C15H16ClFO. The largest absolute Gasteiger partial charge is 0.489 e. The summed E-state index contributed by atoms with van der Waals surface area (Å²) in [6.45, 7) is 0. The lowest BCUT2D eigenvalue weighted by Crippen LogP contribution is -2.20. The van der Waals surface area contributed by atoms with Crippen molar-refractivity contribution in [3.8, 4) is 17.6 Å². The second-order valence-corrected chi connectivity index (χ2v) is 4.72. The van der Waals surface area contributed by atoms with Gasteiger partial charge in [-0.3, -0.25) is 0 Å². The van der Waals surface area contributed by atoms with Crippen LogP contribution in [0.25, 0.3) is 0 Å². The Hall–Kier alpha value is -1.20. The molecule has 0 heterocycles. The highest BCUT2D eigenvalue weighted by Crippen LogP contribution is 2.26. The first-order valence-electron chi connectivity index (χ1n) is 6.30. The Labute approximate surface area is 112 Å². The van der Waals surface area contributed by atoms with Gasteiger partial charge in [0.1, 0.15) is 11.6 Å². The minimum absolute atomic E-state index is 0.235. The first-order valence-corrected chi connectivity index (χ1v) is 6.84. The maximum atomic E-state index is 13.2. The smallest absolute Gasteiger partial charge is 0.135 e. The topological polar surface area (TPSA) is 9.23 Å². The molecule has 96 valence electrons. The van der Waals surface area contributed by atoms with Crippen LogP contribution in [0.3, 0.4) is 0 Å². The second-order valence-electron chi connectivity index (χ2n) is 4.45. The van der Waals surface area contributed by atoms with Crippen molar-refractivity contribution >= 4 is 11.6 Å². The zero-order chi connectivity index (χ0) is 12.8. The fourth-order valence-electron chi connectivity index (χ4n) is 2.19. The predicted octanol–water partition coefficient (Wildman–Crippen LogP) is 4.13. The van der Waals surface area contributed by atoms with Crippen molar-refractivity contribution in [1.29, 1.82) is 0 Å². The lowest BCUT2D eigenvalue weighted by Gasteiger charge is -2.23. The summed E-state index contributed by atoms with van der Waals surface area (Å²) in [6, 6.07) is 4.46. The molecule has 1 saturated carbocycles. The summed E-state index contributed by atoms with van der Waals surface area (Å²) in [7, 11) is 0. The SMILES string of the molecule is Fc1ccc(OC2CCCCC2)c(C#CCCl)c1.